The number of carboxylic acids is 1. The molecule has 0 atom stereocenters. The van der Waals surface area contributed by atoms with Gasteiger partial charge in [-0.25, -0.2) is 13.6 Å². The second kappa shape index (κ2) is 3.79. The highest BCUT2D eigenvalue weighted by atomic mass is 19.3. The van der Waals surface area contributed by atoms with Gasteiger partial charge in [0.2, 0.25) is 0 Å². The minimum atomic E-state index is -2.77. The van der Waals surface area contributed by atoms with Gasteiger partial charge in [-0.1, -0.05) is 18.6 Å². The number of carboxylic acid groups (broad SMARTS) is 1. The second-order valence-electron chi connectivity index (χ2n) is 4.71. The van der Waals surface area contributed by atoms with Crippen molar-refractivity contribution in [3.63, 3.8) is 0 Å². The summed E-state index contributed by atoms with van der Waals surface area (Å²) < 4.78 is 27.3. The highest BCUT2D eigenvalue weighted by Crippen LogP contribution is 2.53. The molecule has 4 heteroatoms. The summed E-state index contributed by atoms with van der Waals surface area (Å²) in [5.74, 6) is -3.81. The van der Waals surface area contributed by atoms with Crippen molar-refractivity contribution in [2.75, 3.05) is 0 Å². The molecular weight excluding hydrogens is 226 g/mol. The maximum atomic E-state index is 13.7. The minimum Gasteiger partial charge on any atom is -0.478 e. The maximum Gasteiger partial charge on any atom is 0.335 e. The lowest BCUT2D eigenvalue weighted by Gasteiger charge is -2.46. The molecule has 1 fully saturated rings. The van der Waals surface area contributed by atoms with E-state index in [4.69, 9.17) is 5.11 Å². The lowest BCUT2D eigenvalue weighted by molar-refractivity contribution is -0.0969. The number of aromatic carboxylic acids is 1. The predicted molar refractivity (Wildman–Crippen MR) is 59.6 cm³/mol. The lowest BCUT2D eigenvalue weighted by Crippen LogP contribution is -2.48. The third kappa shape index (κ3) is 1.81. The first-order chi connectivity index (χ1) is 7.87. The average Bonchev–Trinajstić information content (AvgIpc) is 2.14. The van der Waals surface area contributed by atoms with Gasteiger partial charge in [-0.2, -0.15) is 0 Å². The van der Waals surface area contributed by atoms with Crippen LogP contribution in [0, 0.1) is 0 Å². The first-order valence-corrected chi connectivity index (χ1v) is 5.58. The van der Waals surface area contributed by atoms with Crippen molar-refractivity contribution >= 4 is 5.97 Å². The highest BCUT2D eigenvalue weighted by molar-refractivity contribution is 5.87. The number of alkyl halides is 2. The van der Waals surface area contributed by atoms with Crippen molar-refractivity contribution in [1.29, 1.82) is 0 Å². The molecule has 1 aliphatic rings. The van der Waals surface area contributed by atoms with E-state index in [1.54, 1.807) is 0 Å². The van der Waals surface area contributed by atoms with Crippen LogP contribution < -0.4 is 0 Å². The standard InChI is InChI=1S/C13H14F2O2/c1-12(14,15)13(7-2-8-13)10-5-3-9(4-6-10)11(16)17/h3-6H,2,7-8H2,1H3,(H,16,17). The highest BCUT2D eigenvalue weighted by Gasteiger charge is 2.54. The molecular formula is C13H14F2O2. The molecule has 0 heterocycles. The summed E-state index contributed by atoms with van der Waals surface area (Å²) in [6, 6.07) is 5.81. The van der Waals surface area contributed by atoms with Gasteiger partial charge in [0.25, 0.3) is 5.92 Å². The summed E-state index contributed by atoms with van der Waals surface area (Å²) >= 11 is 0. The zero-order chi connectivity index (χ0) is 12.7. The Morgan fingerprint density at radius 2 is 1.82 bits per heavy atom. The molecule has 92 valence electrons. The molecule has 1 aromatic carbocycles. The first kappa shape index (κ1) is 12.0. The number of hydrogen-bond acceptors (Lipinski definition) is 1. The van der Waals surface area contributed by atoms with E-state index >= 15 is 0 Å². The molecule has 0 spiro atoms. The van der Waals surface area contributed by atoms with Crippen molar-refractivity contribution in [2.45, 2.75) is 37.5 Å². The quantitative estimate of drug-likeness (QED) is 0.878. The van der Waals surface area contributed by atoms with Gasteiger partial charge in [0.05, 0.1) is 11.0 Å². The van der Waals surface area contributed by atoms with Gasteiger partial charge in [-0.3, -0.25) is 0 Å². The Labute approximate surface area is 98.3 Å². The molecule has 0 radical (unpaired) electrons. The molecule has 0 aliphatic heterocycles. The van der Waals surface area contributed by atoms with Crippen LogP contribution in [-0.4, -0.2) is 17.0 Å². The van der Waals surface area contributed by atoms with Crippen molar-refractivity contribution in [3.05, 3.63) is 35.4 Å². The summed E-state index contributed by atoms with van der Waals surface area (Å²) in [5.41, 5.74) is -0.423. The number of carbonyl (C=O) groups is 1. The molecule has 1 N–H and O–H groups in total. The zero-order valence-corrected chi connectivity index (χ0v) is 9.54. The average molecular weight is 240 g/mol. The predicted octanol–water partition coefficient (Wildman–Crippen LogP) is 3.46. The topological polar surface area (TPSA) is 37.3 Å². The van der Waals surface area contributed by atoms with Crippen molar-refractivity contribution in [2.24, 2.45) is 0 Å². The number of halogens is 2. The van der Waals surface area contributed by atoms with E-state index in [9.17, 15) is 13.6 Å². The zero-order valence-electron chi connectivity index (χ0n) is 9.54. The Morgan fingerprint density at radius 1 is 1.29 bits per heavy atom. The fourth-order valence-corrected chi connectivity index (χ4v) is 2.44. The molecule has 0 bridgehead atoms. The second-order valence-corrected chi connectivity index (χ2v) is 4.71. The van der Waals surface area contributed by atoms with Crippen LogP contribution >= 0.6 is 0 Å². The van der Waals surface area contributed by atoms with E-state index in [2.05, 4.69) is 0 Å². The van der Waals surface area contributed by atoms with Crippen LogP contribution in [0.25, 0.3) is 0 Å². The summed E-state index contributed by atoms with van der Waals surface area (Å²) in [6.07, 6.45) is 1.72. The Balaban J connectivity index is 2.36. The molecule has 0 unspecified atom stereocenters. The summed E-state index contributed by atoms with van der Waals surface area (Å²) in [7, 11) is 0. The van der Waals surface area contributed by atoms with Gasteiger partial charge < -0.3 is 5.11 Å². The van der Waals surface area contributed by atoms with Crippen LogP contribution in [0.5, 0.6) is 0 Å². The third-order valence-electron chi connectivity index (χ3n) is 3.73. The van der Waals surface area contributed by atoms with E-state index in [1.807, 2.05) is 0 Å². The minimum absolute atomic E-state index is 0.127. The summed E-state index contributed by atoms with van der Waals surface area (Å²) in [5, 5.41) is 8.76. The Bertz CT molecular complexity index is 428. The van der Waals surface area contributed by atoms with Crippen LogP contribution in [0.3, 0.4) is 0 Å². The Morgan fingerprint density at radius 3 is 2.12 bits per heavy atom. The molecule has 0 aromatic heterocycles. The van der Waals surface area contributed by atoms with E-state index < -0.39 is 17.3 Å². The lowest BCUT2D eigenvalue weighted by atomic mass is 9.61. The largest absolute Gasteiger partial charge is 0.478 e. The molecule has 1 saturated carbocycles. The molecule has 2 nitrogen and oxygen atoms in total. The SMILES string of the molecule is CC(F)(F)C1(c2ccc(C(=O)O)cc2)CCC1. The van der Waals surface area contributed by atoms with E-state index in [-0.39, 0.29) is 5.56 Å². The van der Waals surface area contributed by atoms with Gasteiger partial charge in [-0.05, 0) is 30.5 Å². The van der Waals surface area contributed by atoms with Crippen molar-refractivity contribution in [3.8, 4) is 0 Å². The summed E-state index contributed by atoms with van der Waals surface area (Å²) in [4.78, 5) is 10.7. The van der Waals surface area contributed by atoms with Gasteiger partial charge >= 0.3 is 5.97 Å². The first-order valence-electron chi connectivity index (χ1n) is 5.58. The number of rotatable bonds is 3. The van der Waals surface area contributed by atoms with Crippen LogP contribution in [0.2, 0.25) is 0 Å². The molecule has 2 rings (SSSR count). The van der Waals surface area contributed by atoms with Crippen LogP contribution in [0.15, 0.2) is 24.3 Å². The smallest absolute Gasteiger partial charge is 0.335 e. The monoisotopic (exact) mass is 240 g/mol. The fraction of sp³-hybridized carbons (Fsp3) is 0.462. The molecule has 17 heavy (non-hydrogen) atoms. The molecule has 0 saturated heterocycles. The fourth-order valence-electron chi connectivity index (χ4n) is 2.44. The Hall–Kier alpha value is -1.45. The Kier molecular flexibility index (Phi) is 2.68. The molecule has 1 aliphatic carbocycles. The third-order valence-corrected chi connectivity index (χ3v) is 3.73. The summed E-state index contributed by atoms with van der Waals surface area (Å²) in [6.45, 7) is 0.942. The molecule has 0 amide bonds. The molecule has 1 aromatic rings. The van der Waals surface area contributed by atoms with Gasteiger partial charge in [0.15, 0.2) is 0 Å². The van der Waals surface area contributed by atoms with Crippen LogP contribution in [-0.2, 0) is 5.41 Å². The normalized spacial score (nSPS) is 18.5. The van der Waals surface area contributed by atoms with Crippen molar-refractivity contribution < 1.29 is 18.7 Å². The van der Waals surface area contributed by atoms with Crippen molar-refractivity contribution in [1.82, 2.24) is 0 Å². The number of benzene rings is 1. The van der Waals surface area contributed by atoms with Crippen LogP contribution in [0.4, 0.5) is 8.78 Å². The van der Waals surface area contributed by atoms with E-state index in [1.165, 1.54) is 24.3 Å². The van der Waals surface area contributed by atoms with Gasteiger partial charge in [0.1, 0.15) is 0 Å². The van der Waals surface area contributed by atoms with Gasteiger partial charge in [0, 0.05) is 6.92 Å². The van der Waals surface area contributed by atoms with Crippen LogP contribution in [0.1, 0.15) is 42.1 Å². The maximum absolute atomic E-state index is 13.7. The van der Waals surface area contributed by atoms with E-state index in [0.29, 0.717) is 18.4 Å². The number of hydrogen-bond donors (Lipinski definition) is 1. The van der Waals surface area contributed by atoms with E-state index in [0.717, 1.165) is 13.3 Å². The van der Waals surface area contributed by atoms with Gasteiger partial charge in [-0.15, -0.1) is 0 Å².